The first-order valence-corrected chi connectivity index (χ1v) is 10.4. The molecule has 2 heterocycles. The number of rotatable bonds is 5. The maximum Gasteiger partial charge on any atom is 0.255 e. The molecule has 1 aliphatic heterocycles. The van der Waals surface area contributed by atoms with Gasteiger partial charge in [-0.05, 0) is 54.7 Å². The van der Waals surface area contributed by atoms with Crippen LogP contribution in [0.2, 0.25) is 0 Å². The van der Waals surface area contributed by atoms with Crippen molar-refractivity contribution in [3.05, 3.63) is 47.2 Å². The highest BCUT2D eigenvalue weighted by atomic mass is 16.5. The monoisotopic (exact) mass is 395 g/mol. The van der Waals surface area contributed by atoms with Gasteiger partial charge in [0.05, 0.1) is 19.8 Å². The summed E-state index contributed by atoms with van der Waals surface area (Å²) in [6, 6.07) is 8.30. The van der Waals surface area contributed by atoms with Crippen LogP contribution in [0.15, 0.2) is 30.5 Å². The molecule has 29 heavy (non-hydrogen) atoms. The van der Waals surface area contributed by atoms with E-state index < -0.39 is 0 Å². The van der Waals surface area contributed by atoms with Gasteiger partial charge in [0.15, 0.2) is 11.5 Å². The average Bonchev–Trinajstić information content (AvgIpc) is 2.78. The van der Waals surface area contributed by atoms with E-state index in [4.69, 9.17) is 9.47 Å². The van der Waals surface area contributed by atoms with Crippen LogP contribution in [0.3, 0.4) is 0 Å². The quantitative estimate of drug-likeness (QED) is 0.828. The molecule has 1 aromatic carbocycles. The van der Waals surface area contributed by atoms with Gasteiger partial charge >= 0.3 is 0 Å². The van der Waals surface area contributed by atoms with E-state index in [-0.39, 0.29) is 5.91 Å². The van der Waals surface area contributed by atoms with Gasteiger partial charge in [0.2, 0.25) is 0 Å². The first kappa shape index (κ1) is 19.6. The van der Waals surface area contributed by atoms with E-state index >= 15 is 0 Å². The summed E-state index contributed by atoms with van der Waals surface area (Å²) in [5.41, 5.74) is 2.94. The maximum absolute atomic E-state index is 13.0. The van der Waals surface area contributed by atoms with Crippen molar-refractivity contribution in [2.75, 3.05) is 26.1 Å². The van der Waals surface area contributed by atoms with Crippen LogP contribution in [0.25, 0.3) is 0 Å². The molecule has 6 heteroatoms. The molecule has 1 aliphatic carbocycles. The number of amides is 1. The third-order valence-corrected chi connectivity index (χ3v) is 5.97. The fraction of sp³-hybridized carbons (Fsp3) is 0.478. The number of hydrogen-bond acceptors (Lipinski definition) is 5. The van der Waals surface area contributed by atoms with Gasteiger partial charge in [-0.25, -0.2) is 4.98 Å². The van der Waals surface area contributed by atoms with Gasteiger partial charge in [0.1, 0.15) is 5.82 Å². The lowest BCUT2D eigenvalue weighted by Crippen LogP contribution is -2.36. The molecule has 1 N–H and O–H groups in total. The van der Waals surface area contributed by atoms with Crippen LogP contribution < -0.4 is 14.8 Å². The summed E-state index contributed by atoms with van der Waals surface area (Å²) in [6.45, 7) is 1.25. The lowest BCUT2D eigenvalue weighted by Gasteiger charge is -2.29. The van der Waals surface area contributed by atoms with Crippen molar-refractivity contribution in [2.24, 2.45) is 0 Å². The average molecular weight is 396 g/mol. The Kier molecular flexibility index (Phi) is 5.88. The minimum Gasteiger partial charge on any atom is -0.493 e. The Morgan fingerprint density at radius 2 is 1.79 bits per heavy atom. The van der Waals surface area contributed by atoms with Crippen LogP contribution in [0.5, 0.6) is 11.5 Å². The minimum atomic E-state index is 0.0159. The van der Waals surface area contributed by atoms with E-state index in [9.17, 15) is 4.79 Å². The number of nitrogens with zero attached hydrogens (tertiary/aromatic N) is 2. The van der Waals surface area contributed by atoms with Crippen LogP contribution in [-0.4, -0.2) is 42.6 Å². The van der Waals surface area contributed by atoms with Crippen molar-refractivity contribution in [3.8, 4) is 11.5 Å². The summed E-state index contributed by atoms with van der Waals surface area (Å²) in [7, 11) is 3.27. The van der Waals surface area contributed by atoms with Crippen molar-refractivity contribution in [2.45, 2.75) is 51.1 Å². The lowest BCUT2D eigenvalue weighted by molar-refractivity contribution is 0.0734. The third-order valence-electron chi connectivity index (χ3n) is 5.97. The van der Waals surface area contributed by atoms with Gasteiger partial charge in [-0.2, -0.15) is 0 Å². The summed E-state index contributed by atoms with van der Waals surface area (Å²) in [5.74, 6) is 2.30. The lowest BCUT2D eigenvalue weighted by atomic mass is 9.95. The van der Waals surface area contributed by atoms with Crippen LogP contribution >= 0.6 is 0 Å². The summed E-state index contributed by atoms with van der Waals surface area (Å²) in [4.78, 5) is 19.4. The molecule has 1 aromatic heterocycles. The SMILES string of the molecule is COc1cc2c(cc1OC)CN(C(=O)c1ccc(NC3CCCCC3)nc1)CC2. The van der Waals surface area contributed by atoms with Gasteiger partial charge in [-0.15, -0.1) is 0 Å². The largest absolute Gasteiger partial charge is 0.493 e. The number of methoxy groups -OCH3 is 2. The Hall–Kier alpha value is -2.76. The first-order valence-electron chi connectivity index (χ1n) is 10.4. The number of aromatic nitrogens is 1. The smallest absolute Gasteiger partial charge is 0.255 e. The predicted molar refractivity (Wildman–Crippen MR) is 113 cm³/mol. The highest BCUT2D eigenvalue weighted by Crippen LogP contribution is 2.33. The molecule has 1 saturated carbocycles. The number of carbonyl (C=O) groups excluding carboxylic acids is 1. The molecular weight excluding hydrogens is 366 g/mol. The molecule has 4 rings (SSSR count). The van der Waals surface area contributed by atoms with Crippen LogP contribution in [0.1, 0.15) is 53.6 Å². The fourth-order valence-corrected chi connectivity index (χ4v) is 4.30. The molecule has 0 saturated heterocycles. The highest BCUT2D eigenvalue weighted by molar-refractivity contribution is 5.94. The van der Waals surface area contributed by atoms with Crippen LogP contribution in [-0.2, 0) is 13.0 Å². The molecule has 0 unspecified atom stereocenters. The zero-order valence-corrected chi connectivity index (χ0v) is 17.2. The number of ether oxygens (including phenoxy) is 2. The van der Waals surface area contributed by atoms with Crippen LogP contribution in [0.4, 0.5) is 5.82 Å². The van der Waals surface area contributed by atoms with E-state index in [0.717, 1.165) is 23.6 Å². The topological polar surface area (TPSA) is 63.7 Å². The molecule has 2 aromatic rings. The van der Waals surface area contributed by atoms with Gasteiger partial charge in [-0.3, -0.25) is 4.79 Å². The van der Waals surface area contributed by atoms with Gasteiger partial charge in [-0.1, -0.05) is 19.3 Å². The summed E-state index contributed by atoms with van der Waals surface area (Å²) in [6.07, 6.45) is 8.78. The highest BCUT2D eigenvalue weighted by Gasteiger charge is 2.24. The number of benzene rings is 1. The van der Waals surface area contributed by atoms with Crippen molar-refractivity contribution >= 4 is 11.7 Å². The molecule has 0 spiro atoms. The van der Waals surface area contributed by atoms with Crippen molar-refractivity contribution in [1.82, 2.24) is 9.88 Å². The number of pyridine rings is 1. The number of fused-ring (bicyclic) bond motifs is 1. The second kappa shape index (κ2) is 8.72. The Labute approximate surface area is 172 Å². The molecule has 6 nitrogen and oxygen atoms in total. The molecule has 0 bridgehead atoms. The molecule has 1 fully saturated rings. The van der Waals surface area contributed by atoms with E-state index in [0.29, 0.717) is 30.4 Å². The predicted octanol–water partition coefficient (Wildman–Crippen LogP) is 4.04. The number of hydrogen-bond donors (Lipinski definition) is 1. The van der Waals surface area contributed by atoms with Gasteiger partial charge < -0.3 is 19.7 Å². The van der Waals surface area contributed by atoms with Crippen molar-refractivity contribution < 1.29 is 14.3 Å². The van der Waals surface area contributed by atoms with Crippen molar-refractivity contribution in [3.63, 3.8) is 0 Å². The van der Waals surface area contributed by atoms with E-state index in [1.54, 1.807) is 20.4 Å². The summed E-state index contributed by atoms with van der Waals surface area (Å²) < 4.78 is 10.8. The Balaban J connectivity index is 1.43. The Morgan fingerprint density at radius 1 is 1.07 bits per heavy atom. The number of anilines is 1. The van der Waals surface area contributed by atoms with E-state index in [1.165, 1.54) is 37.7 Å². The summed E-state index contributed by atoms with van der Waals surface area (Å²) in [5, 5.41) is 3.50. The molecule has 2 aliphatic rings. The summed E-state index contributed by atoms with van der Waals surface area (Å²) >= 11 is 0. The maximum atomic E-state index is 13.0. The van der Waals surface area contributed by atoms with E-state index in [1.807, 2.05) is 29.2 Å². The normalized spacial score (nSPS) is 16.8. The van der Waals surface area contributed by atoms with Gasteiger partial charge in [0, 0.05) is 25.3 Å². The fourth-order valence-electron chi connectivity index (χ4n) is 4.30. The van der Waals surface area contributed by atoms with E-state index in [2.05, 4.69) is 10.3 Å². The van der Waals surface area contributed by atoms with Crippen molar-refractivity contribution in [1.29, 1.82) is 0 Å². The molecular formula is C23H29N3O3. The second-order valence-corrected chi connectivity index (χ2v) is 7.86. The molecule has 0 radical (unpaired) electrons. The first-order chi connectivity index (χ1) is 14.2. The number of nitrogens with one attached hydrogen (secondary N) is 1. The Morgan fingerprint density at radius 3 is 2.45 bits per heavy atom. The molecule has 0 atom stereocenters. The third kappa shape index (κ3) is 4.31. The zero-order valence-electron chi connectivity index (χ0n) is 17.2. The minimum absolute atomic E-state index is 0.0159. The Bertz CT molecular complexity index is 860. The number of carbonyl (C=O) groups is 1. The second-order valence-electron chi connectivity index (χ2n) is 7.86. The van der Waals surface area contributed by atoms with Crippen LogP contribution in [0, 0.1) is 0 Å². The standard InChI is InChI=1S/C23H29N3O3/c1-28-20-12-16-10-11-26(15-18(16)13-21(20)29-2)23(27)17-8-9-22(24-14-17)25-19-6-4-3-5-7-19/h8-9,12-14,19H,3-7,10-11,15H2,1-2H3,(H,24,25). The molecule has 154 valence electrons. The zero-order chi connectivity index (χ0) is 20.2. The van der Waals surface area contributed by atoms with Gasteiger partial charge in [0.25, 0.3) is 5.91 Å². The molecule has 1 amide bonds.